The van der Waals surface area contributed by atoms with Crippen molar-refractivity contribution in [3.8, 4) is 0 Å². The first-order valence-corrected chi connectivity index (χ1v) is 6.39. The van der Waals surface area contributed by atoms with Gasteiger partial charge in [0.1, 0.15) is 0 Å². The molecule has 2 atom stereocenters. The van der Waals surface area contributed by atoms with Gasteiger partial charge in [0, 0.05) is 26.2 Å². The molecule has 0 bridgehead atoms. The molecule has 0 amide bonds. The number of benzene rings is 1. The Morgan fingerprint density at radius 3 is 2.76 bits per heavy atom. The number of nitrogens with zero attached hydrogens (tertiary/aromatic N) is 1. The van der Waals surface area contributed by atoms with E-state index in [0.29, 0.717) is 12.6 Å². The molecule has 1 aliphatic heterocycles. The summed E-state index contributed by atoms with van der Waals surface area (Å²) < 4.78 is 5.75. The van der Waals surface area contributed by atoms with Crippen LogP contribution in [0.25, 0.3) is 0 Å². The van der Waals surface area contributed by atoms with Gasteiger partial charge in [0.25, 0.3) is 0 Å². The molecule has 1 heterocycles. The Bertz CT molecular complexity index is 328. The molecular formula is C14H22N2O. The molecule has 1 aromatic carbocycles. The summed E-state index contributed by atoms with van der Waals surface area (Å²) >= 11 is 0. The van der Waals surface area contributed by atoms with Gasteiger partial charge in [-0.05, 0) is 18.9 Å². The standard InChI is InChI=1S/C14H22N2O/c1-12-10-16(11-14(9-15)17-12)8-7-13-5-3-2-4-6-13/h2-6,12,14H,7-11,15H2,1H3. The summed E-state index contributed by atoms with van der Waals surface area (Å²) in [5.74, 6) is 0. The molecule has 3 heteroatoms. The van der Waals surface area contributed by atoms with Crippen molar-refractivity contribution in [3.63, 3.8) is 0 Å². The maximum absolute atomic E-state index is 5.75. The van der Waals surface area contributed by atoms with Crippen LogP contribution in [0.2, 0.25) is 0 Å². The average Bonchev–Trinajstić information content (AvgIpc) is 2.37. The fourth-order valence-electron chi connectivity index (χ4n) is 2.39. The van der Waals surface area contributed by atoms with Crippen LogP contribution in [0.1, 0.15) is 12.5 Å². The van der Waals surface area contributed by atoms with E-state index in [1.807, 2.05) is 0 Å². The molecule has 3 nitrogen and oxygen atoms in total. The van der Waals surface area contributed by atoms with E-state index >= 15 is 0 Å². The average molecular weight is 234 g/mol. The van der Waals surface area contributed by atoms with Gasteiger partial charge in [-0.1, -0.05) is 30.3 Å². The Balaban J connectivity index is 1.82. The minimum absolute atomic E-state index is 0.203. The van der Waals surface area contributed by atoms with Gasteiger partial charge in [0.05, 0.1) is 12.2 Å². The molecule has 2 rings (SSSR count). The number of ether oxygens (including phenoxy) is 1. The Kier molecular flexibility index (Phi) is 4.54. The largest absolute Gasteiger partial charge is 0.371 e. The minimum atomic E-state index is 0.203. The smallest absolute Gasteiger partial charge is 0.0828 e. The summed E-state index contributed by atoms with van der Waals surface area (Å²) in [5, 5.41) is 0. The molecule has 1 aromatic rings. The van der Waals surface area contributed by atoms with Gasteiger partial charge in [-0.2, -0.15) is 0 Å². The molecule has 0 spiro atoms. The lowest BCUT2D eigenvalue weighted by Crippen LogP contribution is -2.49. The maximum Gasteiger partial charge on any atom is 0.0828 e. The maximum atomic E-state index is 5.75. The highest BCUT2D eigenvalue weighted by atomic mass is 16.5. The zero-order valence-corrected chi connectivity index (χ0v) is 10.5. The van der Waals surface area contributed by atoms with Crippen LogP contribution in [-0.4, -0.2) is 43.3 Å². The third kappa shape index (κ3) is 3.80. The number of hydrogen-bond acceptors (Lipinski definition) is 3. The first-order chi connectivity index (χ1) is 8.28. The molecule has 0 aromatic heterocycles. The van der Waals surface area contributed by atoms with Gasteiger partial charge in [-0.15, -0.1) is 0 Å². The van der Waals surface area contributed by atoms with Crippen LogP contribution in [0.5, 0.6) is 0 Å². The van der Waals surface area contributed by atoms with Crippen LogP contribution in [-0.2, 0) is 11.2 Å². The number of nitrogens with two attached hydrogens (primary N) is 1. The topological polar surface area (TPSA) is 38.5 Å². The highest BCUT2D eigenvalue weighted by molar-refractivity contribution is 5.14. The summed E-state index contributed by atoms with van der Waals surface area (Å²) in [7, 11) is 0. The zero-order chi connectivity index (χ0) is 12.1. The van der Waals surface area contributed by atoms with Gasteiger partial charge in [-0.3, -0.25) is 4.90 Å². The fourth-order valence-corrected chi connectivity index (χ4v) is 2.39. The Morgan fingerprint density at radius 1 is 1.29 bits per heavy atom. The second kappa shape index (κ2) is 6.15. The molecule has 1 fully saturated rings. The highest BCUT2D eigenvalue weighted by Gasteiger charge is 2.23. The van der Waals surface area contributed by atoms with Crippen molar-refractivity contribution in [2.24, 2.45) is 5.73 Å². The molecule has 2 unspecified atom stereocenters. The second-order valence-electron chi connectivity index (χ2n) is 4.80. The summed E-state index contributed by atoms with van der Waals surface area (Å²) in [5.41, 5.74) is 7.08. The normalized spacial score (nSPS) is 26.0. The molecule has 1 saturated heterocycles. The molecule has 0 aliphatic carbocycles. The second-order valence-corrected chi connectivity index (χ2v) is 4.80. The number of morpholine rings is 1. The zero-order valence-electron chi connectivity index (χ0n) is 10.5. The molecule has 1 aliphatic rings. The summed E-state index contributed by atoms with van der Waals surface area (Å²) in [6.07, 6.45) is 1.60. The van der Waals surface area contributed by atoms with E-state index < -0.39 is 0 Å². The van der Waals surface area contributed by atoms with E-state index in [1.54, 1.807) is 0 Å². The van der Waals surface area contributed by atoms with E-state index in [9.17, 15) is 0 Å². The first-order valence-electron chi connectivity index (χ1n) is 6.39. The summed E-state index contributed by atoms with van der Waals surface area (Å²) in [4.78, 5) is 2.46. The first kappa shape index (κ1) is 12.6. The quantitative estimate of drug-likeness (QED) is 0.853. The van der Waals surface area contributed by atoms with Crippen molar-refractivity contribution in [3.05, 3.63) is 35.9 Å². The van der Waals surface area contributed by atoms with Crippen LogP contribution >= 0.6 is 0 Å². The van der Waals surface area contributed by atoms with Gasteiger partial charge in [0.15, 0.2) is 0 Å². The van der Waals surface area contributed by atoms with Crippen molar-refractivity contribution in [1.29, 1.82) is 0 Å². The predicted octanol–water partition coefficient (Wildman–Crippen LogP) is 1.28. The van der Waals surface area contributed by atoms with Crippen LogP contribution in [0.15, 0.2) is 30.3 Å². The van der Waals surface area contributed by atoms with Crippen molar-refractivity contribution < 1.29 is 4.74 Å². The molecule has 17 heavy (non-hydrogen) atoms. The molecule has 2 N–H and O–H groups in total. The Labute approximate surface area is 104 Å². The van der Waals surface area contributed by atoms with Crippen molar-refractivity contribution in [2.75, 3.05) is 26.2 Å². The summed E-state index contributed by atoms with van der Waals surface area (Å²) in [6.45, 7) is 5.81. The van der Waals surface area contributed by atoms with Gasteiger partial charge < -0.3 is 10.5 Å². The van der Waals surface area contributed by atoms with Gasteiger partial charge in [0.2, 0.25) is 0 Å². The van der Waals surface area contributed by atoms with Gasteiger partial charge >= 0.3 is 0 Å². The van der Waals surface area contributed by atoms with Crippen LogP contribution in [0.4, 0.5) is 0 Å². The molecule has 0 saturated carbocycles. The molecule has 94 valence electrons. The van der Waals surface area contributed by atoms with E-state index in [0.717, 1.165) is 26.1 Å². The predicted molar refractivity (Wildman–Crippen MR) is 70.0 cm³/mol. The Hall–Kier alpha value is -0.900. The fraction of sp³-hybridized carbons (Fsp3) is 0.571. The van der Waals surface area contributed by atoms with Crippen LogP contribution in [0.3, 0.4) is 0 Å². The van der Waals surface area contributed by atoms with Crippen LogP contribution in [0, 0.1) is 0 Å². The number of rotatable bonds is 4. The van der Waals surface area contributed by atoms with Crippen molar-refractivity contribution in [2.45, 2.75) is 25.6 Å². The van der Waals surface area contributed by atoms with Crippen molar-refractivity contribution in [1.82, 2.24) is 4.90 Å². The van der Waals surface area contributed by atoms with Gasteiger partial charge in [-0.25, -0.2) is 0 Å². The summed E-state index contributed by atoms with van der Waals surface area (Å²) in [6, 6.07) is 10.6. The van der Waals surface area contributed by atoms with E-state index in [2.05, 4.69) is 42.2 Å². The lowest BCUT2D eigenvalue weighted by Gasteiger charge is -2.36. The lowest BCUT2D eigenvalue weighted by atomic mass is 10.1. The number of hydrogen-bond donors (Lipinski definition) is 1. The monoisotopic (exact) mass is 234 g/mol. The van der Waals surface area contributed by atoms with E-state index in [1.165, 1.54) is 5.56 Å². The Morgan fingerprint density at radius 2 is 2.06 bits per heavy atom. The minimum Gasteiger partial charge on any atom is -0.371 e. The molecule has 0 radical (unpaired) electrons. The van der Waals surface area contributed by atoms with E-state index in [4.69, 9.17) is 10.5 Å². The SMILES string of the molecule is CC1CN(CCc2ccccc2)CC(CN)O1. The third-order valence-corrected chi connectivity index (χ3v) is 3.22. The molecular weight excluding hydrogens is 212 g/mol. The van der Waals surface area contributed by atoms with Crippen LogP contribution < -0.4 is 5.73 Å². The highest BCUT2D eigenvalue weighted by Crippen LogP contribution is 2.11. The lowest BCUT2D eigenvalue weighted by molar-refractivity contribution is -0.0716. The van der Waals surface area contributed by atoms with Crippen molar-refractivity contribution >= 4 is 0 Å². The third-order valence-electron chi connectivity index (χ3n) is 3.22. The van der Waals surface area contributed by atoms with E-state index in [-0.39, 0.29) is 6.10 Å².